The number of carbonyl (C=O) groups is 1. The van der Waals surface area contributed by atoms with Crippen LogP contribution in [0.3, 0.4) is 0 Å². The van der Waals surface area contributed by atoms with E-state index < -0.39 is 5.60 Å². The van der Waals surface area contributed by atoms with Crippen LogP contribution in [0.4, 0.5) is 0 Å². The van der Waals surface area contributed by atoms with Crippen LogP contribution in [0.1, 0.15) is 0 Å². The zero-order valence-electron chi connectivity index (χ0n) is 7.96. The molecule has 0 aliphatic carbocycles. The number of hydrogen-bond donors (Lipinski definition) is 1. The molecule has 0 aromatic heterocycles. The lowest BCUT2D eigenvalue weighted by molar-refractivity contribution is -0.143. The summed E-state index contributed by atoms with van der Waals surface area (Å²) in [5, 5.41) is 2.62. The summed E-state index contributed by atoms with van der Waals surface area (Å²) in [5.41, 5.74) is -0.920. The average molecular weight is 202 g/mol. The highest BCUT2D eigenvalue weighted by Crippen LogP contribution is 2.29. The van der Waals surface area contributed by atoms with Gasteiger partial charge in [-0.1, -0.05) is 6.08 Å². The van der Waals surface area contributed by atoms with Crippen molar-refractivity contribution in [3.05, 3.63) is 49.0 Å². The van der Waals surface area contributed by atoms with Crippen molar-refractivity contribution in [1.82, 2.24) is 10.2 Å². The van der Waals surface area contributed by atoms with Crippen molar-refractivity contribution in [2.75, 3.05) is 0 Å². The number of nitrogens with zero attached hydrogens (tertiary/aromatic N) is 1. The van der Waals surface area contributed by atoms with Crippen LogP contribution in [0.15, 0.2) is 49.0 Å². The summed E-state index contributed by atoms with van der Waals surface area (Å²) in [6.07, 6.45) is 14.4. The summed E-state index contributed by atoms with van der Waals surface area (Å²) < 4.78 is 5.75. The molecule has 0 aromatic rings. The fourth-order valence-corrected chi connectivity index (χ4v) is 1.82. The lowest BCUT2D eigenvalue weighted by Crippen LogP contribution is -2.48. The van der Waals surface area contributed by atoms with Gasteiger partial charge in [-0.2, -0.15) is 0 Å². The topological polar surface area (TPSA) is 41.6 Å². The van der Waals surface area contributed by atoms with Crippen molar-refractivity contribution >= 4 is 5.91 Å². The zero-order valence-corrected chi connectivity index (χ0v) is 7.96. The molecule has 3 heterocycles. The van der Waals surface area contributed by atoms with E-state index >= 15 is 0 Å². The molecular weight excluding hydrogens is 192 g/mol. The van der Waals surface area contributed by atoms with Gasteiger partial charge in [0.25, 0.3) is 5.91 Å². The summed E-state index contributed by atoms with van der Waals surface area (Å²) in [4.78, 5) is 13.5. The van der Waals surface area contributed by atoms with Crippen LogP contribution in [0, 0.1) is 0 Å². The van der Waals surface area contributed by atoms with Crippen LogP contribution in [-0.2, 0) is 9.53 Å². The first kappa shape index (κ1) is 8.49. The Labute approximate surface area is 87.2 Å². The number of hydrogen-bond acceptors (Lipinski definition) is 3. The lowest BCUT2D eigenvalue weighted by Gasteiger charge is -2.37. The van der Waals surface area contributed by atoms with Gasteiger partial charge in [0.15, 0.2) is 11.8 Å². The van der Waals surface area contributed by atoms with Crippen LogP contribution in [0.25, 0.3) is 0 Å². The average Bonchev–Trinajstić information content (AvgIpc) is 2.60. The third-order valence-corrected chi connectivity index (χ3v) is 2.65. The quantitative estimate of drug-likeness (QED) is 0.626. The molecule has 0 saturated heterocycles. The van der Waals surface area contributed by atoms with E-state index in [1.165, 1.54) is 0 Å². The maximum absolute atomic E-state index is 11.6. The van der Waals surface area contributed by atoms with Gasteiger partial charge in [0.1, 0.15) is 0 Å². The fraction of sp³-hybridized carbons (Fsp3) is 0.182. The molecule has 3 aliphatic rings. The molecule has 76 valence electrons. The van der Waals surface area contributed by atoms with E-state index in [0.717, 1.165) is 0 Å². The molecular formula is C11H10N2O2. The first-order valence-corrected chi connectivity index (χ1v) is 4.78. The van der Waals surface area contributed by atoms with E-state index in [9.17, 15) is 4.79 Å². The number of fused-ring (bicyclic) bond motifs is 1. The molecule has 4 nitrogen and oxygen atoms in total. The van der Waals surface area contributed by atoms with Gasteiger partial charge in [-0.3, -0.25) is 4.79 Å². The van der Waals surface area contributed by atoms with Crippen molar-refractivity contribution in [1.29, 1.82) is 0 Å². The maximum Gasteiger partial charge on any atom is 0.264 e. The molecule has 2 unspecified atom stereocenters. The van der Waals surface area contributed by atoms with Crippen molar-refractivity contribution < 1.29 is 9.53 Å². The van der Waals surface area contributed by atoms with Crippen molar-refractivity contribution in [3.8, 4) is 0 Å². The fourth-order valence-electron chi connectivity index (χ4n) is 1.82. The third-order valence-electron chi connectivity index (χ3n) is 2.65. The number of rotatable bonds is 0. The van der Waals surface area contributed by atoms with Gasteiger partial charge >= 0.3 is 0 Å². The monoisotopic (exact) mass is 202 g/mol. The van der Waals surface area contributed by atoms with Crippen molar-refractivity contribution in [2.24, 2.45) is 0 Å². The Balaban J connectivity index is 1.97. The Hall–Kier alpha value is -1.81. The Morgan fingerprint density at radius 2 is 2.27 bits per heavy atom. The zero-order chi connectivity index (χ0) is 10.3. The van der Waals surface area contributed by atoms with E-state index in [1.54, 1.807) is 18.4 Å². The molecule has 2 atom stereocenters. The predicted octanol–water partition coefficient (Wildman–Crippen LogP) is 0.624. The first-order valence-electron chi connectivity index (χ1n) is 4.78. The summed E-state index contributed by atoms with van der Waals surface area (Å²) in [7, 11) is 0. The molecule has 0 aromatic carbocycles. The van der Waals surface area contributed by atoms with Crippen LogP contribution in [0.5, 0.6) is 0 Å². The van der Waals surface area contributed by atoms with Gasteiger partial charge in [0.2, 0.25) is 0 Å². The largest absolute Gasteiger partial charge is 0.330 e. The highest BCUT2D eigenvalue weighted by molar-refractivity contribution is 5.93. The second-order valence-electron chi connectivity index (χ2n) is 3.60. The van der Waals surface area contributed by atoms with E-state index in [1.807, 2.05) is 35.5 Å². The van der Waals surface area contributed by atoms with E-state index in [0.29, 0.717) is 0 Å². The molecule has 15 heavy (non-hydrogen) atoms. The molecule has 0 fully saturated rings. The second-order valence-corrected chi connectivity index (χ2v) is 3.60. The predicted molar refractivity (Wildman–Crippen MR) is 54.1 cm³/mol. The normalized spacial score (nSPS) is 36.1. The van der Waals surface area contributed by atoms with Gasteiger partial charge in [-0.05, 0) is 24.3 Å². The minimum Gasteiger partial charge on any atom is -0.330 e. The molecule has 1 N–H and O–H groups in total. The Morgan fingerprint density at radius 1 is 1.33 bits per heavy atom. The van der Waals surface area contributed by atoms with Crippen molar-refractivity contribution in [2.45, 2.75) is 11.8 Å². The number of nitrogens with one attached hydrogen (secondary N) is 1. The Kier molecular flexibility index (Phi) is 1.61. The molecule has 0 bridgehead atoms. The highest BCUT2D eigenvalue weighted by Gasteiger charge is 2.42. The third kappa shape index (κ3) is 1.15. The van der Waals surface area contributed by atoms with Crippen LogP contribution < -0.4 is 5.32 Å². The molecule has 0 saturated carbocycles. The van der Waals surface area contributed by atoms with Crippen LogP contribution in [-0.4, -0.2) is 22.6 Å². The maximum atomic E-state index is 11.6. The van der Waals surface area contributed by atoms with Gasteiger partial charge < -0.3 is 15.0 Å². The van der Waals surface area contributed by atoms with Gasteiger partial charge in [0.05, 0.1) is 0 Å². The SMILES string of the molecule is O=C1NC=CC12C=CN1C=CC=CC1O2. The van der Waals surface area contributed by atoms with Crippen LogP contribution >= 0.6 is 0 Å². The molecule has 0 radical (unpaired) electrons. The van der Waals surface area contributed by atoms with Gasteiger partial charge in [-0.15, -0.1) is 0 Å². The summed E-state index contributed by atoms with van der Waals surface area (Å²) >= 11 is 0. The Morgan fingerprint density at radius 3 is 3.07 bits per heavy atom. The number of ether oxygens (including phenoxy) is 1. The second kappa shape index (κ2) is 2.84. The highest BCUT2D eigenvalue weighted by atomic mass is 16.5. The molecule has 1 amide bonds. The molecule has 4 heteroatoms. The van der Waals surface area contributed by atoms with Gasteiger partial charge in [0, 0.05) is 18.6 Å². The lowest BCUT2D eigenvalue weighted by atomic mass is 10.0. The minimum atomic E-state index is -0.920. The van der Waals surface area contributed by atoms with Gasteiger partial charge in [-0.25, -0.2) is 0 Å². The summed E-state index contributed by atoms with van der Waals surface area (Å²) in [6.45, 7) is 0. The van der Waals surface area contributed by atoms with E-state index in [4.69, 9.17) is 4.74 Å². The number of allylic oxidation sites excluding steroid dienone is 2. The van der Waals surface area contributed by atoms with E-state index in [-0.39, 0.29) is 12.1 Å². The first-order chi connectivity index (χ1) is 7.30. The van der Waals surface area contributed by atoms with E-state index in [2.05, 4.69) is 5.32 Å². The Bertz CT molecular complexity index is 422. The molecule has 1 spiro atoms. The summed E-state index contributed by atoms with van der Waals surface area (Å²) in [5.74, 6) is -0.138. The standard InChI is InChI=1S/C11H10N2O2/c14-10-11(4-6-12-10)5-8-13-7-2-1-3-9(13)15-11/h1-9H,(H,12,14). The van der Waals surface area contributed by atoms with Crippen LogP contribution in [0.2, 0.25) is 0 Å². The smallest absolute Gasteiger partial charge is 0.264 e. The minimum absolute atomic E-state index is 0.138. The molecule has 3 rings (SSSR count). The number of carbonyl (C=O) groups excluding carboxylic acids is 1. The summed E-state index contributed by atoms with van der Waals surface area (Å²) in [6, 6.07) is 0. The van der Waals surface area contributed by atoms with Crippen molar-refractivity contribution in [3.63, 3.8) is 0 Å². The number of amides is 1. The molecule has 3 aliphatic heterocycles.